The summed E-state index contributed by atoms with van der Waals surface area (Å²) in [6.07, 6.45) is 0. The summed E-state index contributed by atoms with van der Waals surface area (Å²) in [7, 11) is -1.37. The minimum atomic E-state index is -3.06. The van der Waals surface area contributed by atoms with Crippen molar-refractivity contribution in [1.29, 1.82) is 0 Å². The molecule has 7 nitrogen and oxygen atoms in total. The molecule has 1 aromatic heterocycles. The Balaban J connectivity index is 0.00000288. The molecule has 1 aliphatic rings. The van der Waals surface area contributed by atoms with Crippen molar-refractivity contribution in [3.05, 3.63) is 17.5 Å². The first-order valence-corrected chi connectivity index (χ1v) is 9.45. The van der Waals surface area contributed by atoms with Gasteiger partial charge in [0.25, 0.3) is 0 Å². The van der Waals surface area contributed by atoms with E-state index in [9.17, 15) is 8.42 Å². The first-order chi connectivity index (χ1) is 10.7. The second-order valence-corrected chi connectivity index (χ2v) is 9.52. The van der Waals surface area contributed by atoms with Gasteiger partial charge in [0.05, 0.1) is 22.7 Å². The van der Waals surface area contributed by atoms with Crippen LogP contribution >= 0.6 is 24.0 Å². The number of aliphatic imine (C=N–C) groups is 1. The van der Waals surface area contributed by atoms with E-state index in [1.165, 1.54) is 0 Å². The van der Waals surface area contributed by atoms with E-state index in [1.54, 1.807) is 20.9 Å². The zero-order valence-electron chi connectivity index (χ0n) is 14.9. The summed E-state index contributed by atoms with van der Waals surface area (Å²) in [6, 6.07) is 1.93. The molecular formula is C15H27IN4O3S. The van der Waals surface area contributed by atoms with Crippen LogP contribution in [0.25, 0.3) is 0 Å². The molecule has 1 aromatic rings. The first kappa shape index (κ1) is 21.2. The fraction of sp³-hybridized carbons (Fsp3) is 0.733. The highest BCUT2D eigenvalue weighted by Crippen LogP contribution is 2.23. The SMILES string of the molecule is CN=C(NCc1cc(C(C)C)no1)N1CCS(=O)(=O)C(C)(C)C1.I. The van der Waals surface area contributed by atoms with Crippen LogP contribution in [0, 0.1) is 0 Å². The number of hydrogen-bond donors (Lipinski definition) is 1. The average Bonchev–Trinajstić information content (AvgIpc) is 2.92. The van der Waals surface area contributed by atoms with E-state index in [-0.39, 0.29) is 29.7 Å². The number of nitrogens with one attached hydrogen (secondary N) is 1. The molecule has 0 amide bonds. The van der Waals surface area contributed by atoms with Crippen LogP contribution in [-0.2, 0) is 16.4 Å². The van der Waals surface area contributed by atoms with Crippen molar-refractivity contribution in [1.82, 2.24) is 15.4 Å². The molecule has 0 unspecified atom stereocenters. The molecule has 2 rings (SSSR count). The second kappa shape index (κ2) is 8.03. The predicted octanol–water partition coefficient (Wildman–Crippen LogP) is 2.00. The Hall–Kier alpha value is -0.840. The Morgan fingerprint density at radius 3 is 2.67 bits per heavy atom. The zero-order chi connectivity index (χ0) is 17.3. The highest BCUT2D eigenvalue weighted by atomic mass is 127. The monoisotopic (exact) mass is 470 g/mol. The van der Waals surface area contributed by atoms with Gasteiger partial charge in [-0.05, 0) is 19.8 Å². The van der Waals surface area contributed by atoms with E-state index in [0.29, 0.717) is 31.5 Å². The lowest BCUT2D eigenvalue weighted by Gasteiger charge is -2.39. The summed E-state index contributed by atoms with van der Waals surface area (Å²) < 4.78 is 28.7. The zero-order valence-corrected chi connectivity index (χ0v) is 18.0. The lowest BCUT2D eigenvalue weighted by molar-refractivity contribution is 0.344. The minimum absolute atomic E-state index is 0. The lowest BCUT2D eigenvalue weighted by atomic mass is 10.1. The van der Waals surface area contributed by atoms with Gasteiger partial charge in [-0.3, -0.25) is 4.99 Å². The number of hydrogen-bond acceptors (Lipinski definition) is 5. The molecule has 0 aliphatic carbocycles. The summed E-state index contributed by atoms with van der Waals surface area (Å²) in [4.78, 5) is 6.23. The van der Waals surface area contributed by atoms with E-state index in [0.717, 1.165) is 11.5 Å². The van der Waals surface area contributed by atoms with Crippen molar-refractivity contribution in [2.24, 2.45) is 4.99 Å². The third-order valence-corrected chi connectivity index (χ3v) is 6.68. The van der Waals surface area contributed by atoms with Gasteiger partial charge in [0, 0.05) is 26.2 Å². The van der Waals surface area contributed by atoms with Gasteiger partial charge in [0.15, 0.2) is 21.6 Å². The smallest absolute Gasteiger partial charge is 0.194 e. The summed E-state index contributed by atoms with van der Waals surface area (Å²) in [5, 5.41) is 7.25. The van der Waals surface area contributed by atoms with Crippen molar-refractivity contribution in [2.75, 3.05) is 25.9 Å². The van der Waals surface area contributed by atoms with Gasteiger partial charge in [-0.1, -0.05) is 19.0 Å². The van der Waals surface area contributed by atoms with E-state index in [1.807, 2.05) is 11.0 Å². The van der Waals surface area contributed by atoms with Crippen LogP contribution in [0.5, 0.6) is 0 Å². The normalized spacial score (nSPS) is 19.9. The van der Waals surface area contributed by atoms with Gasteiger partial charge in [-0.15, -0.1) is 24.0 Å². The van der Waals surface area contributed by atoms with Crippen LogP contribution in [0.2, 0.25) is 0 Å². The topological polar surface area (TPSA) is 87.8 Å². The molecule has 0 radical (unpaired) electrons. The van der Waals surface area contributed by atoms with Crippen molar-refractivity contribution in [3.8, 4) is 0 Å². The van der Waals surface area contributed by atoms with Crippen LogP contribution in [0.4, 0.5) is 0 Å². The molecule has 0 bridgehead atoms. The molecule has 1 aliphatic heterocycles. The van der Waals surface area contributed by atoms with E-state index in [2.05, 4.69) is 29.3 Å². The Morgan fingerprint density at radius 1 is 1.50 bits per heavy atom. The molecule has 0 spiro atoms. The Labute approximate surface area is 161 Å². The molecule has 24 heavy (non-hydrogen) atoms. The van der Waals surface area contributed by atoms with Crippen LogP contribution < -0.4 is 5.32 Å². The summed E-state index contributed by atoms with van der Waals surface area (Å²) in [5.41, 5.74) is 0.919. The Bertz CT molecular complexity index is 683. The molecule has 9 heteroatoms. The highest BCUT2D eigenvalue weighted by molar-refractivity contribution is 14.0. The second-order valence-electron chi connectivity index (χ2n) is 6.77. The minimum Gasteiger partial charge on any atom is -0.359 e. The fourth-order valence-corrected chi connectivity index (χ4v) is 3.87. The van der Waals surface area contributed by atoms with Crippen molar-refractivity contribution < 1.29 is 12.9 Å². The van der Waals surface area contributed by atoms with Gasteiger partial charge in [0.2, 0.25) is 0 Å². The van der Waals surface area contributed by atoms with Gasteiger partial charge in [-0.2, -0.15) is 0 Å². The summed E-state index contributed by atoms with van der Waals surface area (Å²) >= 11 is 0. The van der Waals surface area contributed by atoms with Crippen LogP contribution in [0.15, 0.2) is 15.6 Å². The van der Waals surface area contributed by atoms with Crippen molar-refractivity contribution in [3.63, 3.8) is 0 Å². The average molecular weight is 470 g/mol. The van der Waals surface area contributed by atoms with E-state index < -0.39 is 14.6 Å². The molecule has 0 aromatic carbocycles. The molecule has 138 valence electrons. The van der Waals surface area contributed by atoms with Crippen LogP contribution in [0.1, 0.15) is 45.1 Å². The molecule has 2 heterocycles. The third-order valence-electron chi connectivity index (χ3n) is 4.14. The fourth-order valence-electron chi connectivity index (χ4n) is 2.51. The molecule has 1 N–H and O–H groups in total. The Kier molecular flexibility index (Phi) is 7.09. The number of guanidine groups is 1. The first-order valence-electron chi connectivity index (χ1n) is 7.79. The lowest BCUT2D eigenvalue weighted by Crippen LogP contribution is -2.57. The number of rotatable bonds is 3. The molecule has 0 atom stereocenters. The molecule has 0 saturated carbocycles. The number of aromatic nitrogens is 1. The largest absolute Gasteiger partial charge is 0.359 e. The van der Waals surface area contributed by atoms with Gasteiger partial charge in [0.1, 0.15) is 0 Å². The maximum Gasteiger partial charge on any atom is 0.194 e. The predicted molar refractivity (Wildman–Crippen MR) is 106 cm³/mol. The maximum absolute atomic E-state index is 12.1. The number of sulfone groups is 1. The van der Waals surface area contributed by atoms with E-state index in [4.69, 9.17) is 4.52 Å². The maximum atomic E-state index is 12.1. The van der Waals surface area contributed by atoms with Crippen LogP contribution in [0.3, 0.4) is 0 Å². The van der Waals surface area contributed by atoms with E-state index >= 15 is 0 Å². The number of halogens is 1. The summed E-state index contributed by atoms with van der Waals surface area (Å²) in [6.45, 7) is 8.96. The van der Waals surface area contributed by atoms with Gasteiger partial charge in [-0.25, -0.2) is 8.42 Å². The highest BCUT2D eigenvalue weighted by Gasteiger charge is 2.40. The summed E-state index contributed by atoms with van der Waals surface area (Å²) in [5.74, 6) is 1.87. The molecule has 1 saturated heterocycles. The van der Waals surface area contributed by atoms with Crippen LogP contribution in [-0.4, -0.2) is 55.1 Å². The van der Waals surface area contributed by atoms with Crippen molar-refractivity contribution in [2.45, 2.75) is 44.9 Å². The van der Waals surface area contributed by atoms with Gasteiger partial charge < -0.3 is 14.7 Å². The Morgan fingerprint density at radius 2 is 2.17 bits per heavy atom. The standard InChI is InChI=1S/C15H26N4O3S.HI/c1-11(2)13-8-12(22-18-13)9-17-14(16-5)19-6-7-23(20,21)15(3,4)10-19;/h8,11H,6-7,9-10H2,1-5H3,(H,16,17);1H. The van der Waals surface area contributed by atoms with Gasteiger partial charge >= 0.3 is 0 Å². The molecular weight excluding hydrogens is 443 g/mol. The van der Waals surface area contributed by atoms with Crippen molar-refractivity contribution >= 4 is 39.8 Å². The quantitative estimate of drug-likeness (QED) is 0.413. The third kappa shape index (κ3) is 4.62. The number of nitrogens with zero attached hydrogens (tertiary/aromatic N) is 3. The molecule has 1 fully saturated rings.